The lowest BCUT2D eigenvalue weighted by atomic mass is 10.1. The Bertz CT molecular complexity index is 669. The Morgan fingerprint density at radius 3 is 2.50 bits per heavy atom. The van der Waals surface area contributed by atoms with Gasteiger partial charge in [-0.05, 0) is 18.2 Å². The number of carbonyl (C=O) groups excluding carboxylic acids is 1. The summed E-state index contributed by atoms with van der Waals surface area (Å²) < 4.78 is 57.6. The van der Waals surface area contributed by atoms with E-state index in [0.717, 1.165) is 24.3 Å². The van der Waals surface area contributed by atoms with Crippen LogP contribution in [0, 0.1) is 11.3 Å². The molecule has 0 atom stereocenters. The second kappa shape index (κ2) is 9.19. The quantitative estimate of drug-likeness (QED) is 0.340. The van der Waals surface area contributed by atoms with E-state index in [0.29, 0.717) is 0 Å². The molecule has 0 saturated heterocycles. The molecule has 1 N–H and O–H groups in total. The minimum atomic E-state index is -3.24. The number of benzene rings is 1. The highest BCUT2D eigenvalue weighted by Crippen LogP contribution is 2.29. The average molecular weight is 344 g/mol. The van der Waals surface area contributed by atoms with Crippen molar-refractivity contribution in [1.29, 1.82) is 5.26 Å². The van der Waals surface area contributed by atoms with Crippen molar-refractivity contribution in [2.45, 2.75) is 13.2 Å². The molecule has 0 heterocycles. The molecule has 0 aliphatic rings. The van der Waals surface area contributed by atoms with Crippen molar-refractivity contribution >= 4 is 12.0 Å². The topological polar surface area (TPSA) is 71.4 Å². The molecule has 5 nitrogen and oxygen atoms in total. The third kappa shape index (κ3) is 6.00. The van der Waals surface area contributed by atoms with E-state index in [4.69, 9.17) is 5.26 Å². The summed E-state index contributed by atoms with van der Waals surface area (Å²) in [5, 5.41) is 11.3. The summed E-state index contributed by atoms with van der Waals surface area (Å²) in [5.74, 6) is -1.69. The Labute approximate surface area is 134 Å². The van der Waals surface area contributed by atoms with Gasteiger partial charge in [0.2, 0.25) is 0 Å². The highest BCUT2D eigenvalue weighted by molar-refractivity contribution is 6.02. The van der Waals surface area contributed by atoms with Crippen LogP contribution < -0.4 is 14.8 Å². The van der Waals surface area contributed by atoms with Crippen LogP contribution in [-0.2, 0) is 4.79 Å². The minimum Gasteiger partial charge on any atom is -0.435 e. The highest BCUT2D eigenvalue weighted by Gasteiger charge is 2.15. The first-order chi connectivity index (χ1) is 11.4. The van der Waals surface area contributed by atoms with E-state index < -0.39 is 36.2 Å². The number of amides is 1. The summed E-state index contributed by atoms with van der Waals surface area (Å²) in [6.07, 6.45) is 2.37. The number of hydrogen-bond acceptors (Lipinski definition) is 4. The van der Waals surface area contributed by atoms with Gasteiger partial charge in [-0.15, -0.1) is 6.58 Å². The van der Waals surface area contributed by atoms with E-state index >= 15 is 0 Å². The van der Waals surface area contributed by atoms with Gasteiger partial charge in [0.25, 0.3) is 5.91 Å². The summed E-state index contributed by atoms with van der Waals surface area (Å²) in [6.45, 7) is -2.90. The fourth-order valence-electron chi connectivity index (χ4n) is 1.57. The maximum Gasteiger partial charge on any atom is 0.387 e. The van der Waals surface area contributed by atoms with Gasteiger partial charge in [0, 0.05) is 18.2 Å². The first-order valence-electron chi connectivity index (χ1n) is 6.42. The second-order valence-corrected chi connectivity index (χ2v) is 4.13. The number of rotatable bonds is 8. The summed E-state index contributed by atoms with van der Waals surface area (Å²) in [5.41, 5.74) is -0.472. The van der Waals surface area contributed by atoms with Crippen LogP contribution in [0.25, 0.3) is 6.08 Å². The normalized spacial score (nSPS) is 11.1. The van der Waals surface area contributed by atoms with E-state index in [1.165, 1.54) is 6.08 Å². The van der Waals surface area contributed by atoms with Crippen LogP contribution in [0.3, 0.4) is 0 Å². The number of ether oxygens (including phenoxy) is 2. The third-order valence-electron chi connectivity index (χ3n) is 2.50. The monoisotopic (exact) mass is 344 g/mol. The predicted octanol–water partition coefficient (Wildman–Crippen LogP) is 3.10. The summed E-state index contributed by atoms with van der Waals surface area (Å²) in [6, 6.07) is 4.58. The van der Waals surface area contributed by atoms with Crippen molar-refractivity contribution in [1.82, 2.24) is 5.32 Å². The maximum absolute atomic E-state index is 12.5. The fraction of sp³-hybridized carbons (Fsp3) is 0.200. The second-order valence-electron chi connectivity index (χ2n) is 4.13. The molecule has 0 aliphatic heterocycles. The summed E-state index contributed by atoms with van der Waals surface area (Å²) in [4.78, 5) is 11.7. The van der Waals surface area contributed by atoms with Crippen LogP contribution in [0.4, 0.5) is 17.6 Å². The molecule has 0 aliphatic carbocycles. The zero-order valence-electron chi connectivity index (χ0n) is 12.1. The molecule has 0 saturated carbocycles. The standard InChI is InChI=1S/C15H12F4N2O3/c1-2-5-21-13(22)10(8-20)6-9-3-4-11(23-14(16)17)7-12(9)24-15(18)19/h2-4,6-7,14-15H,1,5H2,(H,21,22)/b10-6+. The van der Waals surface area contributed by atoms with Crippen LogP contribution >= 0.6 is 0 Å². The molecule has 0 unspecified atom stereocenters. The number of nitriles is 1. The molecule has 1 aromatic rings. The number of hydrogen-bond donors (Lipinski definition) is 1. The molecule has 0 bridgehead atoms. The van der Waals surface area contributed by atoms with Gasteiger partial charge in [0.05, 0.1) is 0 Å². The molecule has 128 valence electrons. The highest BCUT2D eigenvalue weighted by atomic mass is 19.3. The van der Waals surface area contributed by atoms with E-state index in [2.05, 4.69) is 21.4 Å². The van der Waals surface area contributed by atoms with E-state index in [9.17, 15) is 22.4 Å². The van der Waals surface area contributed by atoms with Crippen molar-refractivity contribution < 1.29 is 31.8 Å². The minimum absolute atomic E-state index is 0.0813. The van der Waals surface area contributed by atoms with Crippen molar-refractivity contribution in [3.63, 3.8) is 0 Å². The zero-order valence-corrected chi connectivity index (χ0v) is 12.1. The lowest BCUT2D eigenvalue weighted by Crippen LogP contribution is -2.24. The fourth-order valence-corrected chi connectivity index (χ4v) is 1.57. The molecule has 0 spiro atoms. The van der Waals surface area contributed by atoms with Gasteiger partial charge in [0.15, 0.2) is 0 Å². The Balaban J connectivity index is 3.19. The lowest BCUT2D eigenvalue weighted by molar-refractivity contribution is -0.116. The molecular weight excluding hydrogens is 332 g/mol. The number of alkyl halides is 4. The molecule has 24 heavy (non-hydrogen) atoms. The lowest BCUT2D eigenvalue weighted by Gasteiger charge is -2.11. The summed E-state index contributed by atoms with van der Waals surface area (Å²) in [7, 11) is 0. The van der Waals surface area contributed by atoms with Gasteiger partial charge >= 0.3 is 13.2 Å². The van der Waals surface area contributed by atoms with Gasteiger partial charge in [-0.3, -0.25) is 4.79 Å². The van der Waals surface area contributed by atoms with Gasteiger partial charge in [-0.2, -0.15) is 22.8 Å². The largest absolute Gasteiger partial charge is 0.435 e. The molecule has 1 aromatic carbocycles. The van der Waals surface area contributed by atoms with Crippen LogP contribution in [0.2, 0.25) is 0 Å². The third-order valence-corrected chi connectivity index (χ3v) is 2.50. The molecule has 0 radical (unpaired) electrons. The van der Waals surface area contributed by atoms with Gasteiger partial charge in [-0.25, -0.2) is 0 Å². The van der Waals surface area contributed by atoms with Crippen molar-refractivity contribution in [3.8, 4) is 17.6 Å². The number of halogens is 4. The Morgan fingerprint density at radius 2 is 1.96 bits per heavy atom. The Hall–Kier alpha value is -3.02. The molecule has 9 heteroatoms. The van der Waals surface area contributed by atoms with Gasteiger partial charge in [-0.1, -0.05) is 6.08 Å². The number of carbonyl (C=O) groups is 1. The van der Waals surface area contributed by atoms with Crippen LogP contribution in [-0.4, -0.2) is 25.7 Å². The molecule has 1 rings (SSSR count). The maximum atomic E-state index is 12.5. The SMILES string of the molecule is C=CCNC(=O)/C(C#N)=C/c1ccc(OC(F)F)cc1OC(F)F. The van der Waals surface area contributed by atoms with Crippen molar-refractivity contribution in [3.05, 3.63) is 42.0 Å². The van der Waals surface area contributed by atoms with Gasteiger partial charge in [0.1, 0.15) is 23.1 Å². The molecule has 1 amide bonds. The zero-order chi connectivity index (χ0) is 18.1. The Kier molecular flexibility index (Phi) is 7.29. The van der Waals surface area contributed by atoms with Gasteiger partial charge < -0.3 is 14.8 Å². The van der Waals surface area contributed by atoms with Crippen LogP contribution in [0.5, 0.6) is 11.5 Å². The predicted molar refractivity (Wildman–Crippen MR) is 76.5 cm³/mol. The first kappa shape index (κ1) is 19.0. The molecule has 0 fully saturated rings. The average Bonchev–Trinajstić information content (AvgIpc) is 2.50. The van der Waals surface area contributed by atoms with Crippen LogP contribution in [0.15, 0.2) is 36.4 Å². The van der Waals surface area contributed by atoms with E-state index in [1.807, 2.05) is 0 Å². The van der Waals surface area contributed by atoms with Crippen molar-refractivity contribution in [2.24, 2.45) is 0 Å². The molecular formula is C15H12F4N2O3. The number of nitrogens with one attached hydrogen (secondary N) is 1. The van der Waals surface area contributed by atoms with E-state index in [1.54, 1.807) is 6.07 Å². The molecule has 0 aromatic heterocycles. The smallest absolute Gasteiger partial charge is 0.387 e. The Morgan fingerprint density at radius 1 is 1.29 bits per heavy atom. The first-order valence-corrected chi connectivity index (χ1v) is 6.42. The van der Waals surface area contributed by atoms with E-state index in [-0.39, 0.29) is 12.1 Å². The van der Waals surface area contributed by atoms with Crippen molar-refractivity contribution in [2.75, 3.05) is 6.54 Å². The van der Waals surface area contributed by atoms with Crippen LogP contribution in [0.1, 0.15) is 5.56 Å². The summed E-state index contributed by atoms with van der Waals surface area (Å²) >= 11 is 0. The number of nitrogens with zero attached hydrogens (tertiary/aromatic N) is 1.